The molecular weight excluding hydrogens is 158 g/mol. The second-order valence-corrected chi connectivity index (χ2v) is 3.16. The van der Waals surface area contributed by atoms with E-state index in [2.05, 4.69) is 31.0 Å². The molecule has 0 amide bonds. The Labute approximate surface area is 79.8 Å². The Balaban J connectivity index is 2.50. The van der Waals surface area contributed by atoms with E-state index in [0.29, 0.717) is 6.04 Å². The van der Waals surface area contributed by atoms with E-state index in [9.17, 15) is 0 Å². The molecule has 0 unspecified atom stereocenters. The van der Waals surface area contributed by atoms with Crippen molar-refractivity contribution in [3.05, 3.63) is 42.0 Å². The summed E-state index contributed by atoms with van der Waals surface area (Å²) in [7, 11) is 0. The van der Waals surface area contributed by atoms with Gasteiger partial charge < -0.3 is 0 Å². The van der Waals surface area contributed by atoms with E-state index in [1.165, 1.54) is 5.56 Å². The fourth-order valence-electron chi connectivity index (χ4n) is 0.940. The largest absolute Gasteiger partial charge is 0.290 e. The predicted octanol–water partition coefficient (Wildman–Crippen LogP) is 3.18. The maximum absolute atomic E-state index is 4.23. The number of hydrogen-bond acceptors (Lipinski definition) is 1. The van der Waals surface area contributed by atoms with E-state index in [-0.39, 0.29) is 0 Å². The molecule has 13 heavy (non-hydrogen) atoms. The van der Waals surface area contributed by atoms with Gasteiger partial charge in [-0.15, -0.1) is 0 Å². The number of hydrogen-bond donors (Lipinski definition) is 0. The second-order valence-electron chi connectivity index (χ2n) is 3.16. The number of rotatable bonds is 3. The summed E-state index contributed by atoms with van der Waals surface area (Å²) in [6, 6.07) is 10.6. The van der Waals surface area contributed by atoms with Gasteiger partial charge in [-0.2, -0.15) is 0 Å². The molecule has 0 aliphatic carbocycles. The normalized spacial score (nSPS) is 11.9. The van der Waals surface area contributed by atoms with Crippen LogP contribution in [0, 0.1) is 0 Å². The number of allylic oxidation sites excluding steroid dienone is 1. The van der Waals surface area contributed by atoms with Gasteiger partial charge in [-0.3, -0.25) is 4.99 Å². The fraction of sp³-hybridized carbons (Fsp3) is 0.250. The van der Waals surface area contributed by atoms with E-state index >= 15 is 0 Å². The molecule has 0 aliphatic rings. The lowest BCUT2D eigenvalue weighted by atomic mass is 10.2. The maximum atomic E-state index is 4.23. The molecule has 0 saturated heterocycles. The maximum Gasteiger partial charge on any atom is 0.0443 e. The van der Waals surface area contributed by atoms with Gasteiger partial charge >= 0.3 is 0 Å². The summed E-state index contributed by atoms with van der Waals surface area (Å²) in [6.45, 7) is 4.12. The van der Waals surface area contributed by atoms with Gasteiger partial charge in [0.05, 0.1) is 0 Å². The van der Waals surface area contributed by atoms with Gasteiger partial charge in [0.15, 0.2) is 0 Å². The van der Waals surface area contributed by atoms with Crippen LogP contribution in [-0.2, 0) is 0 Å². The Morgan fingerprint density at radius 2 is 1.85 bits per heavy atom. The number of nitrogens with zero attached hydrogens (tertiary/aromatic N) is 1. The minimum atomic E-state index is 0.375. The molecule has 1 rings (SSSR count). The van der Waals surface area contributed by atoms with E-state index < -0.39 is 0 Å². The lowest BCUT2D eigenvalue weighted by molar-refractivity contribution is 0.842. The van der Waals surface area contributed by atoms with Crippen LogP contribution in [-0.4, -0.2) is 12.3 Å². The topological polar surface area (TPSA) is 12.4 Å². The van der Waals surface area contributed by atoms with Crippen LogP contribution >= 0.6 is 0 Å². The van der Waals surface area contributed by atoms with Crippen LogP contribution in [0.25, 0.3) is 6.08 Å². The molecule has 0 aromatic heterocycles. The summed E-state index contributed by atoms with van der Waals surface area (Å²) < 4.78 is 0. The van der Waals surface area contributed by atoms with E-state index in [1.54, 1.807) is 0 Å². The van der Waals surface area contributed by atoms with Gasteiger partial charge in [0, 0.05) is 12.3 Å². The average molecular weight is 173 g/mol. The summed E-state index contributed by atoms with van der Waals surface area (Å²) in [5, 5.41) is 0. The zero-order valence-electron chi connectivity index (χ0n) is 8.14. The van der Waals surface area contributed by atoms with Crippen molar-refractivity contribution in [1.82, 2.24) is 0 Å². The van der Waals surface area contributed by atoms with Crippen molar-refractivity contribution >= 4 is 12.3 Å². The van der Waals surface area contributed by atoms with Crippen molar-refractivity contribution in [1.29, 1.82) is 0 Å². The Morgan fingerprint density at radius 1 is 1.15 bits per heavy atom. The van der Waals surface area contributed by atoms with Gasteiger partial charge in [-0.25, -0.2) is 0 Å². The number of aliphatic imine (C=N–C) groups is 1. The third-order valence-corrected chi connectivity index (χ3v) is 1.56. The van der Waals surface area contributed by atoms with E-state index in [4.69, 9.17) is 0 Å². The summed E-state index contributed by atoms with van der Waals surface area (Å²) in [4.78, 5) is 4.23. The molecule has 0 atom stereocenters. The molecule has 1 heteroatoms. The highest BCUT2D eigenvalue weighted by atomic mass is 14.7. The molecule has 0 N–H and O–H groups in total. The molecule has 1 aromatic rings. The van der Waals surface area contributed by atoms with E-state index in [0.717, 1.165) is 0 Å². The summed E-state index contributed by atoms with van der Waals surface area (Å²) >= 11 is 0. The van der Waals surface area contributed by atoms with Crippen LogP contribution in [0.1, 0.15) is 19.4 Å². The van der Waals surface area contributed by atoms with Gasteiger partial charge in [0.1, 0.15) is 0 Å². The highest BCUT2D eigenvalue weighted by molar-refractivity contribution is 5.78. The van der Waals surface area contributed by atoms with Crippen molar-refractivity contribution < 1.29 is 0 Å². The highest BCUT2D eigenvalue weighted by Crippen LogP contribution is 1.99. The Hall–Kier alpha value is -1.37. The zero-order valence-corrected chi connectivity index (χ0v) is 8.14. The third kappa shape index (κ3) is 4.26. The summed E-state index contributed by atoms with van der Waals surface area (Å²) in [6.07, 6.45) is 5.86. The smallest absolute Gasteiger partial charge is 0.0443 e. The van der Waals surface area contributed by atoms with Crippen molar-refractivity contribution in [3.8, 4) is 0 Å². The molecule has 0 saturated carbocycles. The Kier molecular flexibility index (Phi) is 3.97. The minimum absolute atomic E-state index is 0.375. The molecule has 0 bridgehead atoms. The van der Waals surface area contributed by atoms with Crippen LogP contribution in [0.2, 0.25) is 0 Å². The molecule has 0 spiro atoms. The Morgan fingerprint density at radius 3 is 2.46 bits per heavy atom. The van der Waals surface area contributed by atoms with Gasteiger partial charge in [0.2, 0.25) is 0 Å². The van der Waals surface area contributed by atoms with Crippen LogP contribution in [0.4, 0.5) is 0 Å². The number of benzene rings is 1. The first-order valence-corrected chi connectivity index (χ1v) is 4.54. The molecule has 0 heterocycles. The van der Waals surface area contributed by atoms with Crippen molar-refractivity contribution in [3.63, 3.8) is 0 Å². The van der Waals surface area contributed by atoms with Gasteiger partial charge in [-0.1, -0.05) is 36.4 Å². The average Bonchev–Trinajstić information content (AvgIpc) is 2.14. The third-order valence-electron chi connectivity index (χ3n) is 1.56. The molecule has 1 aromatic carbocycles. The molecule has 1 nitrogen and oxygen atoms in total. The standard InChI is InChI=1S/C12H15N/c1-11(2)13-10-6-9-12-7-4-3-5-8-12/h3-11H,1-2H3/b9-6+,13-10+. The summed E-state index contributed by atoms with van der Waals surface area (Å²) in [5.41, 5.74) is 1.21. The first-order chi connectivity index (χ1) is 6.29. The second kappa shape index (κ2) is 5.31. The SMILES string of the molecule is CC(C)/N=C/C=C/c1ccccc1. The molecule has 0 aliphatic heterocycles. The first-order valence-electron chi connectivity index (χ1n) is 4.54. The lowest BCUT2D eigenvalue weighted by Crippen LogP contribution is -1.86. The zero-order chi connectivity index (χ0) is 9.52. The monoisotopic (exact) mass is 173 g/mol. The molecule has 0 radical (unpaired) electrons. The van der Waals surface area contributed by atoms with Crippen LogP contribution in [0.3, 0.4) is 0 Å². The van der Waals surface area contributed by atoms with Gasteiger partial charge in [-0.05, 0) is 25.5 Å². The molecule has 68 valence electrons. The minimum Gasteiger partial charge on any atom is -0.290 e. The van der Waals surface area contributed by atoms with Crippen LogP contribution in [0.5, 0.6) is 0 Å². The van der Waals surface area contributed by atoms with E-state index in [1.807, 2.05) is 36.6 Å². The van der Waals surface area contributed by atoms with Gasteiger partial charge in [0.25, 0.3) is 0 Å². The highest BCUT2D eigenvalue weighted by Gasteiger charge is 1.81. The summed E-state index contributed by atoms with van der Waals surface area (Å²) in [5.74, 6) is 0. The van der Waals surface area contributed by atoms with Crippen molar-refractivity contribution in [2.24, 2.45) is 4.99 Å². The van der Waals surface area contributed by atoms with Crippen molar-refractivity contribution in [2.45, 2.75) is 19.9 Å². The molecule has 0 fully saturated rings. The quantitative estimate of drug-likeness (QED) is 0.622. The Bertz CT molecular complexity index is 283. The predicted molar refractivity (Wildman–Crippen MR) is 59.1 cm³/mol. The van der Waals surface area contributed by atoms with Crippen LogP contribution in [0.15, 0.2) is 41.4 Å². The molecular formula is C12H15N. The lowest BCUT2D eigenvalue weighted by Gasteiger charge is -1.91. The fourth-order valence-corrected chi connectivity index (χ4v) is 0.940. The first kappa shape index (κ1) is 9.72. The van der Waals surface area contributed by atoms with Crippen LogP contribution < -0.4 is 0 Å². The van der Waals surface area contributed by atoms with Crippen molar-refractivity contribution in [2.75, 3.05) is 0 Å².